The second-order valence-corrected chi connectivity index (χ2v) is 13.0. The molecule has 0 unspecified atom stereocenters. The normalized spacial score (nSPS) is 46.5. The van der Waals surface area contributed by atoms with Crippen molar-refractivity contribution in [1.29, 1.82) is 0 Å². The fourth-order valence-electron chi connectivity index (χ4n) is 9.86. The molecular weight excluding hydrogens is 376 g/mol. The fraction of sp³-hybridized carbons (Fsp3) is 0.933. The van der Waals surface area contributed by atoms with E-state index in [9.17, 15) is 5.11 Å². The fourth-order valence-corrected chi connectivity index (χ4v) is 9.86. The summed E-state index contributed by atoms with van der Waals surface area (Å²) in [7, 11) is 0. The second kappa shape index (κ2) is 9.15. The maximum absolute atomic E-state index is 10.3. The highest BCUT2D eigenvalue weighted by Crippen LogP contribution is 2.68. The zero-order chi connectivity index (χ0) is 22.4. The Morgan fingerprint density at radius 3 is 2.35 bits per heavy atom. The minimum absolute atomic E-state index is 0.0177. The SMILES string of the molecule is C=C(CC)[C@H](CC)CC[C@@H](C)[C@H]1CC[C@H]2[C@@H]3CC[C@H]4C[C@@H](O)CC[C@]4(C)[C@H]3CC[C@]12C. The minimum atomic E-state index is -0.0177. The van der Waals surface area contributed by atoms with Gasteiger partial charge in [-0.15, -0.1) is 0 Å². The van der Waals surface area contributed by atoms with Gasteiger partial charge >= 0.3 is 0 Å². The summed E-state index contributed by atoms with van der Waals surface area (Å²) in [5.41, 5.74) is 2.58. The molecule has 10 atom stereocenters. The van der Waals surface area contributed by atoms with Crippen LogP contribution >= 0.6 is 0 Å². The van der Waals surface area contributed by atoms with Crippen molar-refractivity contribution in [1.82, 2.24) is 0 Å². The van der Waals surface area contributed by atoms with Crippen molar-refractivity contribution in [2.24, 2.45) is 52.3 Å². The van der Waals surface area contributed by atoms with Gasteiger partial charge in [-0.1, -0.05) is 46.8 Å². The first-order valence-corrected chi connectivity index (χ1v) is 14.1. The molecule has 0 heterocycles. The average Bonchev–Trinajstić information content (AvgIpc) is 3.11. The van der Waals surface area contributed by atoms with Gasteiger partial charge in [-0.25, -0.2) is 0 Å². The van der Waals surface area contributed by atoms with E-state index in [0.29, 0.717) is 10.8 Å². The third-order valence-corrected chi connectivity index (χ3v) is 11.9. The summed E-state index contributed by atoms with van der Waals surface area (Å²) in [6, 6.07) is 0. The molecule has 0 aliphatic heterocycles. The summed E-state index contributed by atoms with van der Waals surface area (Å²) in [6.45, 7) is 16.9. The van der Waals surface area contributed by atoms with E-state index in [1.165, 1.54) is 69.8 Å². The number of allylic oxidation sites excluding steroid dienone is 1. The van der Waals surface area contributed by atoms with Crippen molar-refractivity contribution >= 4 is 0 Å². The van der Waals surface area contributed by atoms with Crippen molar-refractivity contribution in [2.75, 3.05) is 0 Å². The Bertz CT molecular complexity index is 638. The van der Waals surface area contributed by atoms with Crippen LogP contribution in [0.25, 0.3) is 0 Å². The van der Waals surface area contributed by atoms with Crippen LogP contribution in [0, 0.1) is 52.3 Å². The standard InChI is InChI=1S/C30H52O/c1-7-20(3)22(8-2)10-9-21(4)26-13-14-27-25-12-11-23-19-24(31)15-17-29(23,5)28(25)16-18-30(26,27)6/h21-28,31H,3,7-19H2,1-2,4-6H3/t21-,22-,23+,24+,25+,26-,27+,28+,29+,30-/m1/s1. The molecule has 0 aromatic carbocycles. The summed E-state index contributed by atoms with van der Waals surface area (Å²) in [4.78, 5) is 0. The summed E-state index contributed by atoms with van der Waals surface area (Å²) in [5.74, 6) is 6.20. The lowest BCUT2D eigenvalue weighted by Gasteiger charge is -2.61. The Labute approximate surface area is 193 Å². The van der Waals surface area contributed by atoms with Gasteiger partial charge < -0.3 is 5.11 Å². The molecule has 0 radical (unpaired) electrons. The summed E-state index contributed by atoms with van der Waals surface area (Å²) in [5, 5.41) is 10.3. The molecule has 31 heavy (non-hydrogen) atoms. The summed E-state index contributed by atoms with van der Waals surface area (Å²) >= 11 is 0. The second-order valence-electron chi connectivity index (χ2n) is 13.0. The lowest BCUT2D eigenvalue weighted by atomic mass is 9.44. The molecule has 1 heteroatoms. The Morgan fingerprint density at radius 2 is 1.65 bits per heavy atom. The van der Waals surface area contributed by atoms with Crippen LogP contribution in [0.5, 0.6) is 0 Å². The van der Waals surface area contributed by atoms with Gasteiger partial charge in [0.2, 0.25) is 0 Å². The maximum Gasteiger partial charge on any atom is 0.0543 e. The van der Waals surface area contributed by atoms with Crippen molar-refractivity contribution in [3.63, 3.8) is 0 Å². The zero-order valence-electron chi connectivity index (χ0n) is 21.5. The first-order chi connectivity index (χ1) is 14.7. The molecule has 0 aromatic rings. The molecule has 0 spiro atoms. The third kappa shape index (κ3) is 4.08. The zero-order valence-corrected chi connectivity index (χ0v) is 21.5. The average molecular weight is 429 g/mol. The largest absolute Gasteiger partial charge is 0.393 e. The lowest BCUT2D eigenvalue weighted by molar-refractivity contribution is -0.129. The summed E-state index contributed by atoms with van der Waals surface area (Å²) in [6.07, 6.45) is 17.3. The molecule has 0 aromatic heterocycles. The van der Waals surface area contributed by atoms with Crippen molar-refractivity contribution in [3.8, 4) is 0 Å². The van der Waals surface area contributed by atoms with E-state index in [2.05, 4.69) is 41.2 Å². The minimum Gasteiger partial charge on any atom is -0.393 e. The first kappa shape index (κ1) is 23.8. The number of aliphatic hydroxyl groups is 1. The van der Waals surface area contributed by atoms with E-state index >= 15 is 0 Å². The molecule has 0 amide bonds. The molecule has 4 aliphatic carbocycles. The maximum atomic E-state index is 10.3. The van der Waals surface area contributed by atoms with E-state index in [1.807, 2.05) is 0 Å². The Kier molecular flexibility index (Phi) is 7.04. The van der Waals surface area contributed by atoms with Gasteiger partial charge in [0.1, 0.15) is 0 Å². The van der Waals surface area contributed by atoms with Gasteiger partial charge in [-0.2, -0.15) is 0 Å². The highest BCUT2D eigenvalue weighted by atomic mass is 16.3. The van der Waals surface area contributed by atoms with E-state index in [1.54, 1.807) is 0 Å². The van der Waals surface area contributed by atoms with Gasteiger partial charge in [-0.05, 0) is 136 Å². The van der Waals surface area contributed by atoms with Gasteiger partial charge in [0.15, 0.2) is 0 Å². The molecule has 1 N–H and O–H groups in total. The Balaban J connectivity index is 1.44. The lowest BCUT2D eigenvalue weighted by Crippen LogP contribution is -2.54. The van der Waals surface area contributed by atoms with Crippen molar-refractivity contribution in [3.05, 3.63) is 12.2 Å². The van der Waals surface area contributed by atoms with Crippen LogP contribution in [-0.2, 0) is 0 Å². The van der Waals surface area contributed by atoms with Gasteiger partial charge in [0.05, 0.1) is 6.10 Å². The Morgan fingerprint density at radius 1 is 0.935 bits per heavy atom. The first-order valence-electron chi connectivity index (χ1n) is 14.1. The van der Waals surface area contributed by atoms with E-state index in [4.69, 9.17) is 0 Å². The van der Waals surface area contributed by atoms with Crippen LogP contribution in [0.2, 0.25) is 0 Å². The number of fused-ring (bicyclic) bond motifs is 5. The van der Waals surface area contributed by atoms with E-state index in [0.717, 1.165) is 60.7 Å². The molecule has 4 fully saturated rings. The Hall–Kier alpha value is -0.300. The van der Waals surface area contributed by atoms with Crippen LogP contribution < -0.4 is 0 Å². The third-order valence-electron chi connectivity index (χ3n) is 11.9. The summed E-state index contributed by atoms with van der Waals surface area (Å²) < 4.78 is 0. The number of aliphatic hydroxyl groups excluding tert-OH is 1. The molecule has 0 bridgehead atoms. The van der Waals surface area contributed by atoms with Crippen LogP contribution in [-0.4, -0.2) is 11.2 Å². The highest BCUT2D eigenvalue weighted by molar-refractivity contribution is 5.10. The van der Waals surface area contributed by atoms with Crippen LogP contribution in [0.1, 0.15) is 118 Å². The van der Waals surface area contributed by atoms with Gasteiger partial charge in [0.25, 0.3) is 0 Å². The molecule has 178 valence electrons. The quantitative estimate of drug-likeness (QED) is 0.403. The molecule has 4 rings (SSSR count). The molecule has 0 saturated heterocycles. The smallest absolute Gasteiger partial charge is 0.0543 e. The number of hydrogen-bond donors (Lipinski definition) is 1. The molecule has 4 saturated carbocycles. The molecule has 4 aliphatic rings. The van der Waals surface area contributed by atoms with E-state index in [-0.39, 0.29) is 6.10 Å². The molecular formula is C30H52O. The van der Waals surface area contributed by atoms with Crippen LogP contribution in [0.3, 0.4) is 0 Å². The number of hydrogen-bond acceptors (Lipinski definition) is 1. The van der Waals surface area contributed by atoms with Crippen molar-refractivity contribution in [2.45, 2.75) is 124 Å². The van der Waals surface area contributed by atoms with Gasteiger partial charge in [0, 0.05) is 0 Å². The predicted molar refractivity (Wildman–Crippen MR) is 133 cm³/mol. The number of rotatable bonds is 7. The monoisotopic (exact) mass is 428 g/mol. The van der Waals surface area contributed by atoms with Crippen LogP contribution in [0.4, 0.5) is 0 Å². The highest BCUT2D eigenvalue weighted by Gasteiger charge is 2.60. The molecule has 1 nitrogen and oxygen atoms in total. The predicted octanol–water partition coefficient (Wildman–Crippen LogP) is 8.41. The van der Waals surface area contributed by atoms with E-state index < -0.39 is 0 Å². The van der Waals surface area contributed by atoms with Crippen LogP contribution in [0.15, 0.2) is 12.2 Å². The van der Waals surface area contributed by atoms with Crippen molar-refractivity contribution < 1.29 is 5.11 Å². The van der Waals surface area contributed by atoms with Gasteiger partial charge in [-0.3, -0.25) is 0 Å². The topological polar surface area (TPSA) is 20.2 Å².